The zero-order valence-electron chi connectivity index (χ0n) is 3.59. The molecule has 0 amide bonds. The van der Waals surface area contributed by atoms with Crippen LogP contribution in [0.3, 0.4) is 0 Å². The summed E-state index contributed by atoms with van der Waals surface area (Å²) in [5.74, 6) is 0.435. The van der Waals surface area contributed by atoms with Crippen LogP contribution in [0.1, 0.15) is 6.42 Å². The Labute approximate surface area is 37.0 Å². The Bertz CT molecular complexity index is 53.5. The lowest BCUT2D eigenvalue weighted by atomic mass is 10.4. The second kappa shape index (κ2) is 1.21. The van der Waals surface area contributed by atoms with Crippen molar-refractivity contribution in [1.29, 1.82) is 0 Å². The van der Waals surface area contributed by atoms with Crippen LogP contribution < -0.4 is 5.73 Å². The van der Waals surface area contributed by atoms with Crippen LogP contribution in [-0.2, 0) is 0 Å². The van der Waals surface area contributed by atoms with E-state index in [4.69, 9.17) is 10.8 Å². The van der Waals surface area contributed by atoms with Gasteiger partial charge in [0.05, 0.1) is 0 Å². The highest BCUT2D eigenvalue weighted by molar-refractivity contribution is 4.88. The molecule has 0 heterocycles. The van der Waals surface area contributed by atoms with Crippen molar-refractivity contribution in [3.63, 3.8) is 0 Å². The topological polar surface area (TPSA) is 46.2 Å². The molecule has 0 bridgehead atoms. The van der Waals surface area contributed by atoms with Gasteiger partial charge in [-0.2, -0.15) is 0 Å². The minimum absolute atomic E-state index is 0.279. The summed E-state index contributed by atoms with van der Waals surface area (Å²) in [6.45, 7) is 0.279. The van der Waals surface area contributed by atoms with E-state index < -0.39 is 0 Å². The maximum absolute atomic E-state index is 8.30. The molecule has 3 N–H and O–H groups in total. The second-order valence-corrected chi connectivity index (χ2v) is 1.84. The molecule has 0 aromatic rings. The number of nitrogens with two attached hydrogens (primary N) is 1. The highest BCUT2D eigenvalue weighted by Gasteiger charge is 2.31. The van der Waals surface area contributed by atoms with Crippen LogP contribution in [0.15, 0.2) is 0 Å². The average molecular weight is 87.1 g/mol. The Kier molecular flexibility index (Phi) is 0.821. The molecule has 2 atom stereocenters. The van der Waals surface area contributed by atoms with Gasteiger partial charge < -0.3 is 10.8 Å². The molecule has 1 rings (SSSR count). The Balaban J connectivity index is 2.09. The summed E-state index contributed by atoms with van der Waals surface area (Å²) >= 11 is 0. The van der Waals surface area contributed by atoms with Gasteiger partial charge in [0.1, 0.15) is 0 Å². The van der Waals surface area contributed by atoms with E-state index in [1.165, 1.54) is 0 Å². The predicted octanol–water partition coefficient (Wildman–Crippen LogP) is -0.674. The first kappa shape index (κ1) is 4.09. The largest absolute Gasteiger partial charge is 0.396 e. The number of rotatable bonds is 1. The monoisotopic (exact) mass is 87.1 g/mol. The van der Waals surface area contributed by atoms with Crippen molar-refractivity contribution >= 4 is 0 Å². The Morgan fingerprint density at radius 2 is 2.33 bits per heavy atom. The van der Waals surface area contributed by atoms with Gasteiger partial charge in [-0.05, 0) is 12.3 Å². The molecule has 0 radical (unpaired) electrons. The lowest BCUT2D eigenvalue weighted by Gasteiger charge is -1.79. The fourth-order valence-corrected chi connectivity index (χ4v) is 0.481. The molecule has 2 nitrogen and oxygen atoms in total. The molecule has 1 aliphatic rings. The third-order valence-electron chi connectivity index (χ3n) is 1.21. The molecule has 1 aliphatic carbocycles. The van der Waals surface area contributed by atoms with Crippen molar-refractivity contribution in [2.45, 2.75) is 12.5 Å². The van der Waals surface area contributed by atoms with Gasteiger partial charge in [0, 0.05) is 12.6 Å². The fraction of sp³-hybridized carbons (Fsp3) is 1.00. The van der Waals surface area contributed by atoms with E-state index in [0.29, 0.717) is 12.0 Å². The molecule has 2 heteroatoms. The van der Waals surface area contributed by atoms with Gasteiger partial charge >= 0.3 is 0 Å². The molecular weight excluding hydrogens is 78.0 g/mol. The predicted molar refractivity (Wildman–Crippen MR) is 23.2 cm³/mol. The normalized spacial score (nSPS) is 43.0. The molecular formula is C4H9NO. The second-order valence-electron chi connectivity index (χ2n) is 1.84. The third-order valence-corrected chi connectivity index (χ3v) is 1.21. The van der Waals surface area contributed by atoms with Crippen LogP contribution in [0.4, 0.5) is 0 Å². The SMILES string of the molecule is N[C@H]1C[C@@H]1CO. The Hall–Kier alpha value is -0.0800. The van der Waals surface area contributed by atoms with Crippen molar-refractivity contribution in [3.05, 3.63) is 0 Å². The molecule has 0 aliphatic heterocycles. The van der Waals surface area contributed by atoms with E-state index in [2.05, 4.69) is 0 Å². The van der Waals surface area contributed by atoms with E-state index >= 15 is 0 Å². The summed E-state index contributed by atoms with van der Waals surface area (Å²) in [6, 6.07) is 0.315. The summed E-state index contributed by atoms with van der Waals surface area (Å²) < 4.78 is 0. The Morgan fingerprint density at radius 3 is 2.33 bits per heavy atom. The Morgan fingerprint density at radius 1 is 1.83 bits per heavy atom. The van der Waals surface area contributed by atoms with E-state index in [0.717, 1.165) is 6.42 Å². The standard InChI is InChI=1S/C4H9NO/c5-4-1-3(4)2-6/h3-4,6H,1-2,5H2/t3-,4+/m1/s1. The van der Waals surface area contributed by atoms with E-state index in [1.54, 1.807) is 0 Å². The van der Waals surface area contributed by atoms with Gasteiger partial charge in [-0.15, -0.1) is 0 Å². The van der Waals surface area contributed by atoms with Crippen LogP contribution in [-0.4, -0.2) is 17.8 Å². The maximum atomic E-state index is 8.30. The summed E-state index contributed by atoms with van der Waals surface area (Å²) in [5, 5.41) is 8.30. The lowest BCUT2D eigenvalue weighted by Crippen LogP contribution is -2.03. The van der Waals surface area contributed by atoms with Crippen LogP contribution in [0.5, 0.6) is 0 Å². The first-order chi connectivity index (χ1) is 2.84. The van der Waals surface area contributed by atoms with Crippen LogP contribution in [0.25, 0.3) is 0 Å². The van der Waals surface area contributed by atoms with Gasteiger partial charge in [-0.1, -0.05) is 0 Å². The minimum atomic E-state index is 0.279. The van der Waals surface area contributed by atoms with E-state index in [9.17, 15) is 0 Å². The molecule has 0 aromatic carbocycles. The smallest absolute Gasteiger partial charge is 0.0474 e. The number of hydrogen-bond donors (Lipinski definition) is 2. The highest BCUT2D eigenvalue weighted by Crippen LogP contribution is 2.25. The quantitative estimate of drug-likeness (QED) is 0.445. The zero-order chi connectivity index (χ0) is 4.57. The van der Waals surface area contributed by atoms with Gasteiger partial charge in [-0.25, -0.2) is 0 Å². The minimum Gasteiger partial charge on any atom is -0.396 e. The maximum Gasteiger partial charge on any atom is 0.0474 e. The molecule has 36 valence electrons. The summed E-state index contributed by atoms with van der Waals surface area (Å²) in [6.07, 6.45) is 1.02. The van der Waals surface area contributed by atoms with Gasteiger partial charge in [0.2, 0.25) is 0 Å². The first-order valence-corrected chi connectivity index (χ1v) is 2.21. The molecule has 0 spiro atoms. The van der Waals surface area contributed by atoms with Crippen molar-refractivity contribution in [2.75, 3.05) is 6.61 Å². The molecule has 1 fully saturated rings. The summed E-state index contributed by atoms with van der Waals surface area (Å²) in [4.78, 5) is 0. The summed E-state index contributed by atoms with van der Waals surface area (Å²) in [5.41, 5.74) is 5.32. The molecule has 1 saturated carbocycles. The molecule has 6 heavy (non-hydrogen) atoms. The van der Waals surface area contributed by atoms with Crippen molar-refractivity contribution in [3.8, 4) is 0 Å². The molecule has 0 unspecified atom stereocenters. The first-order valence-electron chi connectivity index (χ1n) is 2.21. The summed E-state index contributed by atoms with van der Waals surface area (Å²) in [7, 11) is 0. The van der Waals surface area contributed by atoms with Crippen molar-refractivity contribution in [2.24, 2.45) is 11.7 Å². The van der Waals surface area contributed by atoms with Gasteiger partial charge in [0.15, 0.2) is 0 Å². The van der Waals surface area contributed by atoms with Gasteiger partial charge in [0.25, 0.3) is 0 Å². The van der Waals surface area contributed by atoms with Crippen molar-refractivity contribution < 1.29 is 5.11 Å². The van der Waals surface area contributed by atoms with Crippen LogP contribution in [0, 0.1) is 5.92 Å². The van der Waals surface area contributed by atoms with Crippen LogP contribution in [0.2, 0.25) is 0 Å². The lowest BCUT2D eigenvalue weighted by molar-refractivity contribution is 0.274. The highest BCUT2D eigenvalue weighted by atomic mass is 16.3. The number of aliphatic hydroxyl groups excluding tert-OH is 1. The average Bonchev–Trinajstić information content (AvgIpc) is 2.19. The third kappa shape index (κ3) is 0.533. The van der Waals surface area contributed by atoms with Crippen molar-refractivity contribution in [1.82, 2.24) is 0 Å². The zero-order valence-corrected chi connectivity index (χ0v) is 3.59. The van der Waals surface area contributed by atoms with E-state index in [1.807, 2.05) is 0 Å². The molecule has 0 aromatic heterocycles. The van der Waals surface area contributed by atoms with E-state index in [-0.39, 0.29) is 6.61 Å². The van der Waals surface area contributed by atoms with Gasteiger partial charge in [-0.3, -0.25) is 0 Å². The fourth-order valence-electron chi connectivity index (χ4n) is 0.481. The van der Waals surface area contributed by atoms with Crippen LogP contribution >= 0.6 is 0 Å². The number of aliphatic hydroxyl groups is 1. The number of hydrogen-bond acceptors (Lipinski definition) is 2. The molecule has 0 saturated heterocycles.